The lowest BCUT2D eigenvalue weighted by Crippen LogP contribution is -2.37. The predicted molar refractivity (Wildman–Crippen MR) is 105 cm³/mol. The van der Waals surface area contributed by atoms with Crippen molar-refractivity contribution < 1.29 is 18.3 Å². The Labute approximate surface area is 170 Å². The summed E-state index contributed by atoms with van der Waals surface area (Å²) in [5.41, 5.74) is 1.57. The lowest BCUT2D eigenvalue weighted by atomic mass is 10.1. The molecule has 0 radical (unpaired) electrons. The zero-order chi connectivity index (χ0) is 20.5. The number of alkyl halides is 2. The highest BCUT2D eigenvalue weighted by Gasteiger charge is 2.46. The first-order valence-electron chi connectivity index (χ1n) is 9.52. The van der Waals surface area contributed by atoms with Gasteiger partial charge in [0, 0.05) is 18.3 Å². The zero-order valence-electron chi connectivity index (χ0n) is 15.8. The smallest absolute Gasteiger partial charge is 0.387 e. The van der Waals surface area contributed by atoms with E-state index in [4.69, 9.17) is 4.74 Å². The number of aromatic nitrogens is 4. The summed E-state index contributed by atoms with van der Waals surface area (Å²) in [6, 6.07) is 10.3. The molecule has 0 amide bonds. The standard InChI is InChI=1S/C20H18F2N6O2/c21-19(22)30-14-3-1-12(2-4-14)13-9-18(27-24-11-13)25-17-5-6-23-20(26-17)28-7-8-29-16-10-15(16)28/h1-6,9,11,15-16,19H,7-8,10H2,(H,23,25,26,27). The number of rotatable bonds is 6. The van der Waals surface area contributed by atoms with Gasteiger partial charge in [0.25, 0.3) is 0 Å². The van der Waals surface area contributed by atoms with Gasteiger partial charge >= 0.3 is 6.61 Å². The normalized spacial score (nSPS) is 20.0. The van der Waals surface area contributed by atoms with Gasteiger partial charge in [0.05, 0.1) is 24.9 Å². The Morgan fingerprint density at radius 2 is 2.00 bits per heavy atom. The van der Waals surface area contributed by atoms with Gasteiger partial charge < -0.3 is 19.7 Å². The molecule has 1 saturated heterocycles. The second-order valence-electron chi connectivity index (χ2n) is 7.00. The molecular formula is C20H18F2N6O2. The van der Waals surface area contributed by atoms with Crippen molar-refractivity contribution in [3.05, 3.63) is 48.8 Å². The maximum absolute atomic E-state index is 12.3. The second kappa shape index (κ2) is 7.79. The fourth-order valence-electron chi connectivity index (χ4n) is 3.49. The number of hydrogen-bond donors (Lipinski definition) is 1. The minimum atomic E-state index is -2.85. The van der Waals surface area contributed by atoms with Crippen LogP contribution in [-0.4, -0.2) is 52.1 Å². The molecule has 30 heavy (non-hydrogen) atoms. The third-order valence-electron chi connectivity index (χ3n) is 4.99. The highest BCUT2D eigenvalue weighted by molar-refractivity contribution is 5.67. The van der Waals surface area contributed by atoms with Crippen LogP contribution in [0, 0.1) is 0 Å². The average molecular weight is 412 g/mol. The molecule has 5 rings (SSSR count). The summed E-state index contributed by atoms with van der Waals surface area (Å²) in [5.74, 6) is 1.88. The van der Waals surface area contributed by atoms with Crippen molar-refractivity contribution >= 4 is 17.6 Å². The van der Waals surface area contributed by atoms with Crippen LogP contribution in [0.1, 0.15) is 6.42 Å². The molecule has 1 aliphatic carbocycles. The van der Waals surface area contributed by atoms with Crippen LogP contribution in [0.15, 0.2) is 48.8 Å². The zero-order valence-corrected chi connectivity index (χ0v) is 15.8. The van der Waals surface area contributed by atoms with Crippen LogP contribution in [0.2, 0.25) is 0 Å². The Hall–Kier alpha value is -3.40. The van der Waals surface area contributed by atoms with Gasteiger partial charge in [-0.3, -0.25) is 0 Å². The van der Waals surface area contributed by atoms with E-state index < -0.39 is 6.61 Å². The number of benzene rings is 1. The molecule has 154 valence electrons. The molecule has 2 aromatic heterocycles. The average Bonchev–Trinajstić information content (AvgIpc) is 3.54. The summed E-state index contributed by atoms with van der Waals surface area (Å²) in [4.78, 5) is 11.2. The fraction of sp³-hybridized carbons (Fsp3) is 0.300. The summed E-state index contributed by atoms with van der Waals surface area (Å²) >= 11 is 0. The van der Waals surface area contributed by atoms with Gasteiger partial charge in [0.2, 0.25) is 5.95 Å². The first kappa shape index (κ1) is 18.6. The van der Waals surface area contributed by atoms with E-state index in [1.807, 2.05) is 6.07 Å². The van der Waals surface area contributed by atoms with Gasteiger partial charge in [-0.05, 0) is 36.2 Å². The topological polar surface area (TPSA) is 85.3 Å². The lowest BCUT2D eigenvalue weighted by molar-refractivity contribution is -0.0498. The molecule has 1 saturated carbocycles. The molecule has 2 fully saturated rings. The van der Waals surface area contributed by atoms with Crippen molar-refractivity contribution in [2.45, 2.75) is 25.2 Å². The Morgan fingerprint density at radius 3 is 2.83 bits per heavy atom. The molecule has 10 heteroatoms. The molecule has 3 aromatic rings. The van der Waals surface area contributed by atoms with Crippen LogP contribution >= 0.6 is 0 Å². The van der Waals surface area contributed by atoms with Crippen LogP contribution in [-0.2, 0) is 4.74 Å². The van der Waals surface area contributed by atoms with E-state index in [1.165, 1.54) is 12.1 Å². The number of halogens is 2. The van der Waals surface area contributed by atoms with Gasteiger partial charge in [0.15, 0.2) is 5.82 Å². The molecule has 1 aliphatic heterocycles. The van der Waals surface area contributed by atoms with Crippen LogP contribution in [0.25, 0.3) is 11.1 Å². The first-order valence-corrected chi connectivity index (χ1v) is 9.52. The Balaban J connectivity index is 1.32. The molecule has 0 bridgehead atoms. The van der Waals surface area contributed by atoms with E-state index in [-0.39, 0.29) is 5.75 Å². The number of nitrogens with zero attached hydrogens (tertiary/aromatic N) is 5. The predicted octanol–water partition coefficient (Wildman–Crippen LogP) is 3.26. The van der Waals surface area contributed by atoms with Gasteiger partial charge in [-0.1, -0.05) is 12.1 Å². The van der Waals surface area contributed by atoms with E-state index in [0.29, 0.717) is 36.3 Å². The summed E-state index contributed by atoms with van der Waals surface area (Å²) in [6.07, 6.45) is 4.60. The van der Waals surface area contributed by atoms with Crippen molar-refractivity contribution in [1.29, 1.82) is 0 Å². The summed E-state index contributed by atoms with van der Waals surface area (Å²) in [7, 11) is 0. The lowest BCUT2D eigenvalue weighted by Gasteiger charge is -2.26. The van der Waals surface area contributed by atoms with E-state index in [1.54, 1.807) is 30.6 Å². The van der Waals surface area contributed by atoms with Gasteiger partial charge in [-0.2, -0.15) is 18.9 Å². The number of ether oxygens (including phenoxy) is 2. The van der Waals surface area contributed by atoms with Crippen molar-refractivity contribution in [3.63, 3.8) is 0 Å². The highest BCUT2D eigenvalue weighted by atomic mass is 19.3. The van der Waals surface area contributed by atoms with Crippen LogP contribution in [0.3, 0.4) is 0 Å². The monoisotopic (exact) mass is 412 g/mol. The van der Waals surface area contributed by atoms with Crippen LogP contribution < -0.4 is 15.0 Å². The highest BCUT2D eigenvalue weighted by Crippen LogP contribution is 2.36. The Morgan fingerprint density at radius 1 is 1.13 bits per heavy atom. The third kappa shape index (κ3) is 3.99. The van der Waals surface area contributed by atoms with E-state index in [0.717, 1.165) is 24.1 Å². The minimum absolute atomic E-state index is 0.101. The molecule has 1 aromatic carbocycles. The number of hydrogen-bond acceptors (Lipinski definition) is 8. The van der Waals surface area contributed by atoms with Gasteiger partial charge in [0.1, 0.15) is 11.6 Å². The van der Waals surface area contributed by atoms with Gasteiger partial charge in [-0.15, -0.1) is 5.10 Å². The summed E-state index contributed by atoms with van der Waals surface area (Å²) in [6.45, 7) is -1.41. The number of morpholine rings is 1. The molecule has 2 atom stereocenters. The van der Waals surface area contributed by atoms with E-state index in [2.05, 4.69) is 35.1 Å². The molecular weight excluding hydrogens is 394 g/mol. The molecule has 3 heterocycles. The molecule has 8 nitrogen and oxygen atoms in total. The largest absolute Gasteiger partial charge is 0.435 e. The maximum Gasteiger partial charge on any atom is 0.387 e. The number of anilines is 3. The van der Waals surface area contributed by atoms with Crippen molar-refractivity contribution in [3.8, 4) is 16.9 Å². The Bertz CT molecular complexity index is 1040. The maximum atomic E-state index is 12.3. The number of nitrogens with one attached hydrogen (secondary N) is 1. The Kier molecular flexibility index (Phi) is 4.83. The van der Waals surface area contributed by atoms with Crippen LogP contribution in [0.4, 0.5) is 26.4 Å². The van der Waals surface area contributed by atoms with Crippen molar-refractivity contribution in [1.82, 2.24) is 20.2 Å². The van der Waals surface area contributed by atoms with Gasteiger partial charge in [-0.25, -0.2) is 4.98 Å². The van der Waals surface area contributed by atoms with E-state index >= 15 is 0 Å². The molecule has 0 spiro atoms. The molecule has 2 unspecified atom stereocenters. The first-order chi connectivity index (χ1) is 14.7. The van der Waals surface area contributed by atoms with Crippen molar-refractivity contribution in [2.75, 3.05) is 23.4 Å². The second-order valence-corrected chi connectivity index (χ2v) is 7.00. The quantitative estimate of drug-likeness (QED) is 0.661. The van der Waals surface area contributed by atoms with Crippen molar-refractivity contribution in [2.24, 2.45) is 0 Å². The SMILES string of the molecule is FC(F)Oc1ccc(-c2cnnc(Nc3ccnc(N4CCOC5CC54)n3)c2)cc1. The minimum Gasteiger partial charge on any atom is -0.435 e. The van der Waals surface area contributed by atoms with Crippen LogP contribution in [0.5, 0.6) is 5.75 Å². The molecule has 2 aliphatic rings. The summed E-state index contributed by atoms with van der Waals surface area (Å²) in [5, 5.41) is 11.3. The fourth-order valence-corrected chi connectivity index (χ4v) is 3.49. The third-order valence-corrected chi connectivity index (χ3v) is 4.99. The molecule has 1 N–H and O–H groups in total. The van der Waals surface area contributed by atoms with E-state index in [9.17, 15) is 8.78 Å². The number of fused-ring (bicyclic) bond motifs is 1. The summed E-state index contributed by atoms with van der Waals surface area (Å²) < 4.78 is 34.6.